The van der Waals surface area contributed by atoms with Crippen molar-refractivity contribution in [1.82, 2.24) is 4.90 Å². The highest BCUT2D eigenvalue weighted by molar-refractivity contribution is 6.17. The summed E-state index contributed by atoms with van der Waals surface area (Å²) < 4.78 is 5.34. The van der Waals surface area contributed by atoms with E-state index in [0.29, 0.717) is 25.6 Å². The number of aliphatic hydroxyl groups excluding tert-OH is 1. The predicted octanol–water partition coefficient (Wildman–Crippen LogP) is 1.74. The Kier molecular flexibility index (Phi) is 8.01. The lowest BCUT2D eigenvalue weighted by atomic mass is 10.2. The summed E-state index contributed by atoms with van der Waals surface area (Å²) in [5, 5.41) is 9.01. The molecule has 1 aromatic carbocycles. The largest absolute Gasteiger partial charge is 0.395 e. The molecular weight excluding hydrogens is 238 g/mol. The summed E-state index contributed by atoms with van der Waals surface area (Å²) in [5.41, 5.74) is 1.25. The Morgan fingerprint density at radius 3 is 2.53 bits per heavy atom. The van der Waals surface area contributed by atoms with Crippen LogP contribution in [0.15, 0.2) is 30.3 Å². The second-order valence-electron chi connectivity index (χ2n) is 3.79. The third kappa shape index (κ3) is 6.64. The number of rotatable bonds is 9. The lowest BCUT2D eigenvalue weighted by Gasteiger charge is -2.21. The molecule has 3 nitrogen and oxygen atoms in total. The highest BCUT2D eigenvalue weighted by Crippen LogP contribution is 2.03. The minimum absolute atomic E-state index is 0.169. The Balaban J connectivity index is 2.32. The zero-order valence-electron chi connectivity index (χ0n) is 10.0. The van der Waals surface area contributed by atoms with Gasteiger partial charge in [-0.15, -0.1) is 11.6 Å². The molecule has 0 heterocycles. The summed E-state index contributed by atoms with van der Waals surface area (Å²) in [5.74, 6) is 0.526. The molecule has 0 aliphatic heterocycles. The molecule has 0 bridgehead atoms. The molecule has 0 fully saturated rings. The number of benzene rings is 1. The smallest absolute Gasteiger partial charge is 0.0602 e. The van der Waals surface area contributed by atoms with Crippen LogP contribution >= 0.6 is 11.6 Å². The topological polar surface area (TPSA) is 32.7 Å². The van der Waals surface area contributed by atoms with Crippen molar-refractivity contribution < 1.29 is 9.84 Å². The van der Waals surface area contributed by atoms with Crippen LogP contribution in [0.5, 0.6) is 0 Å². The van der Waals surface area contributed by atoms with E-state index in [2.05, 4.69) is 17.0 Å². The van der Waals surface area contributed by atoms with Gasteiger partial charge in [-0.1, -0.05) is 30.3 Å². The monoisotopic (exact) mass is 257 g/mol. The molecule has 17 heavy (non-hydrogen) atoms. The Morgan fingerprint density at radius 2 is 1.88 bits per heavy atom. The Labute approximate surface area is 108 Å². The molecule has 96 valence electrons. The van der Waals surface area contributed by atoms with Gasteiger partial charge in [0.25, 0.3) is 0 Å². The fourth-order valence-corrected chi connectivity index (χ4v) is 1.71. The normalized spacial score (nSPS) is 11.0. The molecule has 0 aliphatic rings. The molecule has 1 rings (SSSR count). The number of nitrogens with zero attached hydrogens (tertiary/aromatic N) is 1. The van der Waals surface area contributed by atoms with E-state index in [1.165, 1.54) is 5.56 Å². The molecule has 1 N–H and O–H groups in total. The molecule has 0 saturated heterocycles. The van der Waals surface area contributed by atoms with Crippen molar-refractivity contribution in [3.05, 3.63) is 35.9 Å². The third-order valence-electron chi connectivity index (χ3n) is 2.44. The average molecular weight is 258 g/mol. The first kappa shape index (κ1) is 14.5. The van der Waals surface area contributed by atoms with Crippen molar-refractivity contribution in [3.8, 4) is 0 Å². The van der Waals surface area contributed by atoms with Gasteiger partial charge in [0.2, 0.25) is 0 Å². The fourth-order valence-electron chi connectivity index (χ4n) is 1.60. The van der Waals surface area contributed by atoms with Gasteiger partial charge in [-0.05, 0) is 5.56 Å². The van der Waals surface area contributed by atoms with Gasteiger partial charge in [0.15, 0.2) is 0 Å². The summed E-state index contributed by atoms with van der Waals surface area (Å²) >= 11 is 5.53. The van der Waals surface area contributed by atoms with E-state index in [4.69, 9.17) is 21.4 Å². The second-order valence-corrected chi connectivity index (χ2v) is 4.16. The SMILES string of the molecule is OCCN(CCOCCCl)Cc1ccccc1. The Morgan fingerprint density at radius 1 is 1.12 bits per heavy atom. The van der Waals surface area contributed by atoms with Gasteiger partial charge in [-0.3, -0.25) is 4.90 Å². The maximum Gasteiger partial charge on any atom is 0.0602 e. The van der Waals surface area contributed by atoms with E-state index in [-0.39, 0.29) is 6.61 Å². The van der Waals surface area contributed by atoms with Gasteiger partial charge in [0.05, 0.1) is 19.8 Å². The van der Waals surface area contributed by atoms with Gasteiger partial charge in [-0.2, -0.15) is 0 Å². The van der Waals surface area contributed by atoms with Crippen LogP contribution in [0.25, 0.3) is 0 Å². The van der Waals surface area contributed by atoms with Gasteiger partial charge in [0, 0.05) is 25.5 Å². The molecule has 0 atom stereocenters. The summed E-state index contributed by atoms with van der Waals surface area (Å²) in [6.45, 7) is 3.72. The standard InChI is InChI=1S/C13H20ClNO2/c14-6-10-17-11-8-15(7-9-16)12-13-4-2-1-3-5-13/h1-5,16H,6-12H2. The third-order valence-corrected chi connectivity index (χ3v) is 2.59. The molecular formula is C13H20ClNO2. The zero-order valence-corrected chi connectivity index (χ0v) is 10.8. The molecule has 0 amide bonds. The number of halogens is 1. The van der Waals surface area contributed by atoms with E-state index < -0.39 is 0 Å². The molecule has 0 unspecified atom stereocenters. The van der Waals surface area contributed by atoms with Gasteiger partial charge >= 0.3 is 0 Å². The van der Waals surface area contributed by atoms with Crippen molar-refractivity contribution >= 4 is 11.6 Å². The molecule has 0 radical (unpaired) electrons. The average Bonchev–Trinajstić information content (AvgIpc) is 2.36. The number of alkyl halides is 1. The number of ether oxygens (including phenoxy) is 1. The van der Waals surface area contributed by atoms with Gasteiger partial charge in [-0.25, -0.2) is 0 Å². The van der Waals surface area contributed by atoms with E-state index in [1.807, 2.05) is 18.2 Å². The fraction of sp³-hybridized carbons (Fsp3) is 0.538. The Bertz CT molecular complexity index is 282. The van der Waals surface area contributed by atoms with Crippen LogP contribution in [-0.4, -0.2) is 48.8 Å². The van der Waals surface area contributed by atoms with E-state index in [1.54, 1.807) is 0 Å². The lowest BCUT2D eigenvalue weighted by molar-refractivity contribution is 0.102. The van der Waals surface area contributed by atoms with Crippen LogP contribution < -0.4 is 0 Å². The van der Waals surface area contributed by atoms with E-state index in [9.17, 15) is 0 Å². The minimum atomic E-state index is 0.169. The second kappa shape index (κ2) is 9.42. The zero-order chi connectivity index (χ0) is 12.3. The summed E-state index contributed by atoms with van der Waals surface area (Å²) in [6, 6.07) is 10.2. The first-order chi connectivity index (χ1) is 8.36. The molecule has 0 aromatic heterocycles. The number of hydrogen-bond acceptors (Lipinski definition) is 3. The minimum Gasteiger partial charge on any atom is -0.395 e. The maximum absolute atomic E-state index is 9.01. The Hall–Kier alpha value is -0.610. The predicted molar refractivity (Wildman–Crippen MR) is 70.3 cm³/mol. The molecule has 0 saturated carbocycles. The van der Waals surface area contributed by atoms with Crippen molar-refractivity contribution in [2.45, 2.75) is 6.54 Å². The number of hydrogen-bond donors (Lipinski definition) is 1. The summed E-state index contributed by atoms with van der Waals surface area (Å²) in [6.07, 6.45) is 0. The summed E-state index contributed by atoms with van der Waals surface area (Å²) in [4.78, 5) is 2.17. The summed E-state index contributed by atoms with van der Waals surface area (Å²) in [7, 11) is 0. The van der Waals surface area contributed by atoms with Crippen molar-refractivity contribution in [1.29, 1.82) is 0 Å². The van der Waals surface area contributed by atoms with Gasteiger partial charge < -0.3 is 9.84 Å². The number of aliphatic hydroxyl groups is 1. The van der Waals surface area contributed by atoms with Crippen LogP contribution in [0.4, 0.5) is 0 Å². The highest BCUT2D eigenvalue weighted by atomic mass is 35.5. The molecule has 4 heteroatoms. The molecule has 0 spiro atoms. The van der Waals surface area contributed by atoms with Crippen molar-refractivity contribution in [2.75, 3.05) is 38.8 Å². The molecule has 1 aromatic rings. The highest BCUT2D eigenvalue weighted by Gasteiger charge is 2.04. The van der Waals surface area contributed by atoms with Crippen LogP contribution in [-0.2, 0) is 11.3 Å². The maximum atomic E-state index is 9.01. The molecule has 0 aliphatic carbocycles. The van der Waals surface area contributed by atoms with Gasteiger partial charge in [0.1, 0.15) is 0 Å². The van der Waals surface area contributed by atoms with Crippen LogP contribution in [0.1, 0.15) is 5.56 Å². The first-order valence-electron chi connectivity index (χ1n) is 5.87. The van der Waals surface area contributed by atoms with E-state index in [0.717, 1.165) is 13.1 Å². The van der Waals surface area contributed by atoms with Crippen molar-refractivity contribution in [2.24, 2.45) is 0 Å². The lowest BCUT2D eigenvalue weighted by Crippen LogP contribution is -2.30. The van der Waals surface area contributed by atoms with Crippen LogP contribution in [0.3, 0.4) is 0 Å². The van der Waals surface area contributed by atoms with Crippen LogP contribution in [0, 0.1) is 0 Å². The first-order valence-corrected chi connectivity index (χ1v) is 6.41. The van der Waals surface area contributed by atoms with Crippen LogP contribution in [0.2, 0.25) is 0 Å². The van der Waals surface area contributed by atoms with Crippen molar-refractivity contribution in [3.63, 3.8) is 0 Å². The quantitative estimate of drug-likeness (QED) is 0.540. The van der Waals surface area contributed by atoms with E-state index >= 15 is 0 Å².